The summed E-state index contributed by atoms with van der Waals surface area (Å²) in [5, 5.41) is 9.32. The topological polar surface area (TPSA) is 95.1 Å². The second-order valence-corrected chi connectivity index (χ2v) is 16.9. The molecule has 3 aromatic carbocycles. The molecular formula is C42H47Cl3N6O2. The Morgan fingerprint density at radius 2 is 1.58 bits per heavy atom. The van der Waals surface area contributed by atoms with Crippen molar-refractivity contribution in [2.75, 3.05) is 13.1 Å². The number of hydrogen-bond donors (Lipinski definition) is 3. The standard InChI is InChI=1S/C42H47Cl3N6O2/c1-25(30-16-14-27(43)22-32(30)45)51-24-46-37(26-10-6-5-7-11-26)39(51)36-31-17-15-28(44)23-34(31)48-38(36)40(52)49-33-12-8-9-13-35(33)50-20-18-29(19-21-50)47-41(53)42(2,3)4/h5-7,10-11,14-17,22-25,29,33,35,48H,8-9,12-13,18-21H2,1-4H3,(H,47,53)(H,49,52)/t25?,33-,35?/m0/s1. The van der Waals surface area contributed by atoms with Gasteiger partial charge in [0.2, 0.25) is 5.91 Å². The van der Waals surface area contributed by atoms with Crippen LogP contribution in [0.3, 0.4) is 0 Å². The minimum atomic E-state index is -0.414. The fourth-order valence-electron chi connectivity index (χ4n) is 8.02. The second kappa shape index (κ2) is 15.5. The van der Waals surface area contributed by atoms with Gasteiger partial charge < -0.3 is 20.2 Å². The largest absolute Gasteiger partial charge is 0.353 e. The number of likely N-dealkylation sites (tertiary alicyclic amines) is 1. The Labute approximate surface area is 326 Å². The van der Waals surface area contributed by atoms with E-state index in [4.69, 9.17) is 39.8 Å². The van der Waals surface area contributed by atoms with E-state index in [9.17, 15) is 9.59 Å². The van der Waals surface area contributed by atoms with Crippen molar-refractivity contribution in [1.82, 2.24) is 30.1 Å². The van der Waals surface area contributed by atoms with Gasteiger partial charge in [0, 0.05) is 73.7 Å². The molecule has 1 aliphatic carbocycles. The molecular weight excluding hydrogens is 727 g/mol. The number of hydrogen-bond acceptors (Lipinski definition) is 4. The smallest absolute Gasteiger partial charge is 0.268 e. The van der Waals surface area contributed by atoms with Gasteiger partial charge in [-0.1, -0.05) is 111 Å². The van der Waals surface area contributed by atoms with Gasteiger partial charge in [-0.05, 0) is 62.4 Å². The number of imidazole rings is 1. The molecule has 2 unspecified atom stereocenters. The number of rotatable bonds is 8. The maximum Gasteiger partial charge on any atom is 0.268 e. The van der Waals surface area contributed by atoms with Gasteiger partial charge in [-0.2, -0.15) is 0 Å². The van der Waals surface area contributed by atoms with Gasteiger partial charge in [0.15, 0.2) is 0 Å². The molecule has 1 aliphatic heterocycles. The maximum atomic E-state index is 14.8. The molecule has 2 amide bonds. The molecule has 1 saturated heterocycles. The van der Waals surface area contributed by atoms with E-state index in [1.165, 1.54) is 0 Å². The van der Waals surface area contributed by atoms with Crippen LogP contribution in [0.2, 0.25) is 15.1 Å². The first-order valence-corrected chi connectivity index (χ1v) is 19.8. The molecule has 7 rings (SSSR count). The van der Waals surface area contributed by atoms with Crippen LogP contribution >= 0.6 is 34.8 Å². The molecule has 2 fully saturated rings. The van der Waals surface area contributed by atoms with E-state index in [2.05, 4.69) is 32.0 Å². The highest BCUT2D eigenvalue weighted by Gasteiger charge is 2.36. The van der Waals surface area contributed by atoms with Crippen molar-refractivity contribution in [3.8, 4) is 22.5 Å². The Balaban J connectivity index is 1.25. The van der Waals surface area contributed by atoms with Crippen LogP contribution in [0.15, 0.2) is 73.1 Å². The second-order valence-electron chi connectivity index (χ2n) is 15.6. The Morgan fingerprint density at radius 1 is 0.887 bits per heavy atom. The molecule has 3 N–H and O–H groups in total. The number of benzene rings is 3. The molecule has 8 nitrogen and oxygen atoms in total. The zero-order valence-electron chi connectivity index (χ0n) is 30.7. The minimum absolute atomic E-state index is 0.0230. The number of aromatic nitrogens is 3. The fraction of sp³-hybridized carbons (Fsp3) is 0.405. The van der Waals surface area contributed by atoms with Crippen LogP contribution in [0.4, 0.5) is 0 Å². The Hall–Kier alpha value is -3.82. The van der Waals surface area contributed by atoms with Crippen molar-refractivity contribution < 1.29 is 9.59 Å². The summed E-state index contributed by atoms with van der Waals surface area (Å²) in [5.41, 5.74) is 4.94. The molecule has 3 heterocycles. The van der Waals surface area contributed by atoms with Gasteiger partial charge >= 0.3 is 0 Å². The van der Waals surface area contributed by atoms with Crippen LogP contribution in [-0.2, 0) is 4.79 Å². The van der Waals surface area contributed by atoms with Crippen molar-refractivity contribution in [2.24, 2.45) is 5.41 Å². The van der Waals surface area contributed by atoms with Crippen LogP contribution in [-0.4, -0.2) is 62.5 Å². The van der Waals surface area contributed by atoms with Crippen LogP contribution < -0.4 is 10.6 Å². The van der Waals surface area contributed by atoms with Crippen LogP contribution in [0, 0.1) is 5.41 Å². The molecule has 3 atom stereocenters. The summed E-state index contributed by atoms with van der Waals surface area (Å²) >= 11 is 19.6. The van der Waals surface area contributed by atoms with E-state index in [0.717, 1.165) is 90.6 Å². The number of nitrogens with one attached hydrogen (secondary N) is 3. The Kier molecular flexibility index (Phi) is 11.0. The number of fused-ring (bicyclic) bond motifs is 1. The van der Waals surface area contributed by atoms with Gasteiger partial charge in [0.1, 0.15) is 5.69 Å². The first-order chi connectivity index (χ1) is 25.4. The highest BCUT2D eigenvalue weighted by Crippen LogP contribution is 2.42. The van der Waals surface area contributed by atoms with E-state index >= 15 is 0 Å². The first-order valence-electron chi connectivity index (χ1n) is 18.6. The molecule has 2 aromatic heterocycles. The number of halogens is 3. The zero-order chi connectivity index (χ0) is 37.4. The Morgan fingerprint density at radius 3 is 2.30 bits per heavy atom. The zero-order valence-corrected chi connectivity index (χ0v) is 33.0. The molecule has 5 aromatic rings. The molecule has 2 aliphatic rings. The lowest BCUT2D eigenvalue weighted by molar-refractivity contribution is -0.129. The van der Waals surface area contributed by atoms with Crippen molar-refractivity contribution in [1.29, 1.82) is 0 Å². The van der Waals surface area contributed by atoms with Gasteiger partial charge in [0.25, 0.3) is 5.91 Å². The molecule has 11 heteroatoms. The summed E-state index contributed by atoms with van der Waals surface area (Å²) < 4.78 is 2.09. The number of piperidine rings is 1. The van der Waals surface area contributed by atoms with E-state index < -0.39 is 5.41 Å². The molecule has 0 radical (unpaired) electrons. The predicted molar refractivity (Wildman–Crippen MR) is 216 cm³/mol. The highest BCUT2D eigenvalue weighted by atomic mass is 35.5. The van der Waals surface area contributed by atoms with Crippen molar-refractivity contribution in [2.45, 2.75) is 90.4 Å². The third-order valence-electron chi connectivity index (χ3n) is 11.0. The normalized spacial score (nSPS) is 19.3. The molecule has 53 heavy (non-hydrogen) atoms. The highest BCUT2D eigenvalue weighted by molar-refractivity contribution is 6.35. The first kappa shape index (κ1) is 37.5. The van der Waals surface area contributed by atoms with Gasteiger partial charge in [0.05, 0.1) is 23.8 Å². The van der Waals surface area contributed by atoms with Crippen molar-refractivity contribution >= 4 is 57.5 Å². The minimum Gasteiger partial charge on any atom is -0.353 e. The molecule has 1 saturated carbocycles. The average molecular weight is 774 g/mol. The van der Waals surface area contributed by atoms with Crippen LogP contribution in [0.1, 0.15) is 88.3 Å². The molecule has 0 spiro atoms. The summed E-state index contributed by atoms with van der Waals surface area (Å²) in [4.78, 5) is 38.4. The van der Waals surface area contributed by atoms with E-state index in [0.29, 0.717) is 20.8 Å². The summed E-state index contributed by atoms with van der Waals surface area (Å²) in [6.45, 7) is 9.69. The average Bonchev–Trinajstić information content (AvgIpc) is 3.73. The lowest BCUT2D eigenvalue weighted by Crippen LogP contribution is -2.57. The van der Waals surface area contributed by atoms with Gasteiger partial charge in [-0.3, -0.25) is 14.5 Å². The number of amides is 2. The van der Waals surface area contributed by atoms with Gasteiger partial charge in [-0.15, -0.1) is 0 Å². The SMILES string of the molecule is CC(c1ccc(Cl)cc1Cl)n1cnc(-c2ccccc2)c1-c1c(C(=O)N[C@H]2CCCCC2N2CCC(NC(=O)C(C)(C)C)CC2)[nH]c2cc(Cl)ccc12. The van der Waals surface area contributed by atoms with Crippen molar-refractivity contribution in [3.63, 3.8) is 0 Å². The lowest BCUT2D eigenvalue weighted by Gasteiger charge is -2.43. The number of carbonyl (C=O) groups excluding carboxylic acids is 2. The summed E-state index contributed by atoms with van der Waals surface area (Å²) in [6.07, 6.45) is 7.72. The molecule has 0 bridgehead atoms. The van der Waals surface area contributed by atoms with E-state index in [-0.39, 0.29) is 36.0 Å². The lowest BCUT2D eigenvalue weighted by atomic mass is 9.87. The number of carbonyl (C=O) groups is 2. The number of aromatic amines is 1. The third-order valence-corrected chi connectivity index (χ3v) is 11.8. The van der Waals surface area contributed by atoms with Crippen LogP contribution in [0.5, 0.6) is 0 Å². The number of H-pyrrole nitrogens is 1. The summed E-state index contributed by atoms with van der Waals surface area (Å²) in [5.74, 6) is -0.0721. The van der Waals surface area contributed by atoms with Gasteiger partial charge in [-0.25, -0.2) is 4.98 Å². The molecule has 278 valence electrons. The maximum absolute atomic E-state index is 14.8. The predicted octanol–water partition coefficient (Wildman–Crippen LogP) is 9.94. The van der Waals surface area contributed by atoms with E-state index in [1.807, 2.05) is 87.8 Å². The van der Waals surface area contributed by atoms with E-state index in [1.54, 1.807) is 6.07 Å². The monoisotopic (exact) mass is 772 g/mol. The third kappa shape index (κ3) is 7.88. The summed E-state index contributed by atoms with van der Waals surface area (Å²) in [7, 11) is 0. The van der Waals surface area contributed by atoms with Crippen molar-refractivity contribution in [3.05, 3.63) is 99.4 Å². The number of nitrogens with zero attached hydrogens (tertiary/aromatic N) is 3. The fourth-order valence-corrected chi connectivity index (χ4v) is 8.76. The Bertz CT molecular complexity index is 2110. The summed E-state index contributed by atoms with van der Waals surface area (Å²) in [6, 6.07) is 21.4. The quantitative estimate of drug-likeness (QED) is 0.146. The van der Waals surface area contributed by atoms with Crippen LogP contribution in [0.25, 0.3) is 33.4 Å².